The second-order valence-corrected chi connectivity index (χ2v) is 6.81. The Labute approximate surface area is 114 Å². The van der Waals surface area contributed by atoms with Crippen LogP contribution in [0.4, 0.5) is 0 Å². The Morgan fingerprint density at radius 3 is 2.32 bits per heavy atom. The number of rotatable bonds is 5. The van der Waals surface area contributed by atoms with Crippen molar-refractivity contribution in [1.29, 1.82) is 0 Å². The molecule has 2 N–H and O–H groups in total. The summed E-state index contributed by atoms with van der Waals surface area (Å²) in [6, 6.07) is 0. The number of nitrogens with one attached hydrogen (secondary N) is 1. The first-order valence-electron chi connectivity index (χ1n) is 7.62. The molecule has 4 fully saturated rings. The van der Waals surface area contributed by atoms with Gasteiger partial charge in [0.2, 0.25) is 5.91 Å². The Hall–Kier alpha value is -0.610. The number of carbonyl (C=O) groups is 1. The summed E-state index contributed by atoms with van der Waals surface area (Å²) in [4.78, 5) is 12.4. The van der Waals surface area contributed by atoms with Gasteiger partial charge in [0.15, 0.2) is 0 Å². The lowest BCUT2D eigenvalue weighted by Crippen LogP contribution is -2.51. The van der Waals surface area contributed by atoms with E-state index in [2.05, 4.69) is 5.32 Å². The van der Waals surface area contributed by atoms with Crippen LogP contribution in [0.5, 0.6) is 0 Å². The molecule has 1 amide bonds. The van der Waals surface area contributed by atoms with Crippen molar-refractivity contribution in [1.82, 2.24) is 5.32 Å². The van der Waals surface area contributed by atoms with Crippen molar-refractivity contribution in [3.63, 3.8) is 0 Å². The lowest BCUT2D eigenvalue weighted by atomic mass is 9.51. The van der Waals surface area contributed by atoms with Crippen molar-refractivity contribution in [3.8, 4) is 0 Å². The first-order chi connectivity index (χ1) is 9.17. The van der Waals surface area contributed by atoms with Gasteiger partial charge < -0.3 is 15.2 Å². The third-order valence-corrected chi connectivity index (χ3v) is 5.40. The van der Waals surface area contributed by atoms with Crippen LogP contribution in [0, 0.1) is 29.6 Å². The summed E-state index contributed by atoms with van der Waals surface area (Å²) in [5.74, 6) is 3.38. The van der Waals surface area contributed by atoms with Crippen LogP contribution in [0.1, 0.15) is 32.1 Å². The Morgan fingerprint density at radius 2 is 1.79 bits per heavy atom. The molecule has 19 heavy (non-hydrogen) atoms. The predicted octanol–water partition coefficient (Wildman–Crippen LogP) is 1.18. The van der Waals surface area contributed by atoms with E-state index in [1.54, 1.807) is 7.11 Å². The van der Waals surface area contributed by atoms with Gasteiger partial charge in [-0.3, -0.25) is 4.79 Å². The molecule has 4 aliphatic rings. The van der Waals surface area contributed by atoms with Crippen molar-refractivity contribution < 1.29 is 14.6 Å². The summed E-state index contributed by atoms with van der Waals surface area (Å²) < 4.78 is 4.87. The Kier molecular flexibility index (Phi) is 3.81. The van der Waals surface area contributed by atoms with Crippen LogP contribution < -0.4 is 5.32 Å². The van der Waals surface area contributed by atoms with Crippen molar-refractivity contribution in [3.05, 3.63) is 0 Å². The summed E-state index contributed by atoms with van der Waals surface area (Å²) in [5, 5.41) is 12.5. The number of ether oxygens (including phenoxy) is 1. The van der Waals surface area contributed by atoms with Gasteiger partial charge >= 0.3 is 0 Å². The first kappa shape index (κ1) is 13.4. The fraction of sp³-hybridized carbons (Fsp3) is 0.933. The standard InChI is InChI=1S/C15H25NO3/c1-19-8-13(17)7-16-15(18)14-11-3-9-2-10(5-11)6-12(14)4-9/h9-14,17H,2-8H2,1H3,(H,16,18). The van der Waals surface area contributed by atoms with Crippen LogP contribution in [0.2, 0.25) is 0 Å². The van der Waals surface area contributed by atoms with Crippen molar-refractivity contribution in [2.24, 2.45) is 29.6 Å². The number of carbonyl (C=O) groups excluding carboxylic acids is 1. The molecule has 0 aromatic heterocycles. The zero-order valence-corrected chi connectivity index (χ0v) is 11.7. The van der Waals surface area contributed by atoms with E-state index < -0.39 is 6.10 Å². The lowest BCUT2D eigenvalue weighted by Gasteiger charge is -2.53. The maximum atomic E-state index is 12.4. The number of amides is 1. The smallest absolute Gasteiger partial charge is 0.223 e. The molecule has 4 bridgehead atoms. The second-order valence-electron chi connectivity index (χ2n) is 6.81. The van der Waals surface area contributed by atoms with Crippen molar-refractivity contribution in [2.45, 2.75) is 38.2 Å². The largest absolute Gasteiger partial charge is 0.389 e. The molecule has 0 heterocycles. The predicted molar refractivity (Wildman–Crippen MR) is 71.4 cm³/mol. The molecular weight excluding hydrogens is 242 g/mol. The maximum Gasteiger partial charge on any atom is 0.223 e. The third kappa shape index (κ3) is 2.65. The summed E-state index contributed by atoms with van der Waals surface area (Å²) in [7, 11) is 1.56. The molecule has 108 valence electrons. The van der Waals surface area contributed by atoms with Gasteiger partial charge in [0.1, 0.15) is 0 Å². The van der Waals surface area contributed by atoms with Crippen LogP contribution in [-0.4, -0.2) is 37.4 Å². The Morgan fingerprint density at radius 1 is 1.21 bits per heavy atom. The molecule has 0 aliphatic heterocycles. The van der Waals surface area contributed by atoms with Gasteiger partial charge in [-0.2, -0.15) is 0 Å². The topological polar surface area (TPSA) is 58.6 Å². The fourth-order valence-corrected chi connectivity index (χ4v) is 4.94. The fourth-order valence-electron chi connectivity index (χ4n) is 4.94. The van der Waals surface area contributed by atoms with E-state index >= 15 is 0 Å². The highest BCUT2D eigenvalue weighted by molar-refractivity contribution is 5.79. The van der Waals surface area contributed by atoms with Gasteiger partial charge in [-0.1, -0.05) is 0 Å². The normalized spacial score (nSPS) is 41.3. The molecule has 0 spiro atoms. The number of aliphatic hydroxyl groups excluding tert-OH is 1. The second kappa shape index (κ2) is 5.41. The molecule has 4 saturated carbocycles. The van der Waals surface area contributed by atoms with Crippen LogP contribution in [-0.2, 0) is 9.53 Å². The molecule has 1 unspecified atom stereocenters. The van der Waals surface area contributed by atoms with Crippen molar-refractivity contribution in [2.75, 3.05) is 20.3 Å². The van der Waals surface area contributed by atoms with Crippen LogP contribution in [0.3, 0.4) is 0 Å². The lowest BCUT2D eigenvalue weighted by molar-refractivity contribution is -0.138. The zero-order valence-electron chi connectivity index (χ0n) is 11.7. The highest BCUT2D eigenvalue weighted by Crippen LogP contribution is 2.56. The number of methoxy groups -OCH3 is 1. The SMILES string of the molecule is COCC(O)CNC(=O)C1C2CC3CC(C2)CC1C3. The van der Waals surface area contributed by atoms with E-state index in [0.29, 0.717) is 18.4 Å². The van der Waals surface area contributed by atoms with E-state index in [9.17, 15) is 9.90 Å². The molecule has 4 nitrogen and oxygen atoms in total. The van der Waals surface area contributed by atoms with E-state index in [0.717, 1.165) is 11.8 Å². The molecule has 4 rings (SSSR count). The molecule has 0 aromatic rings. The number of hydrogen-bond acceptors (Lipinski definition) is 3. The summed E-state index contributed by atoms with van der Waals surface area (Å²) in [6.45, 7) is 0.595. The first-order valence-corrected chi connectivity index (χ1v) is 7.62. The Bertz CT molecular complexity index is 316. The molecule has 4 aliphatic carbocycles. The van der Waals surface area contributed by atoms with Gasteiger partial charge in [-0.15, -0.1) is 0 Å². The minimum atomic E-state index is -0.592. The minimum Gasteiger partial charge on any atom is -0.389 e. The van der Waals surface area contributed by atoms with Gasteiger partial charge in [-0.05, 0) is 55.8 Å². The number of aliphatic hydroxyl groups is 1. The van der Waals surface area contributed by atoms with E-state index in [1.165, 1.54) is 32.1 Å². The summed E-state index contributed by atoms with van der Waals surface area (Å²) in [6.07, 6.45) is 5.84. The molecule has 1 atom stereocenters. The van der Waals surface area contributed by atoms with Gasteiger partial charge in [-0.25, -0.2) is 0 Å². The highest BCUT2D eigenvalue weighted by Gasteiger charge is 2.50. The van der Waals surface area contributed by atoms with Crippen LogP contribution in [0.15, 0.2) is 0 Å². The zero-order chi connectivity index (χ0) is 13.4. The third-order valence-electron chi connectivity index (χ3n) is 5.40. The molecule has 0 saturated heterocycles. The summed E-state index contributed by atoms with van der Waals surface area (Å²) >= 11 is 0. The average molecular weight is 267 g/mol. The van der Waals surface area contributed by atoms with Crippen LogP contribution in [0.25, 0.3) is 0 Å². The average Bonchev–Trinajstić information content (AvgIpc) is 2.35. The van der Waals surface area contributed by atoms with E-state index in [1.807, 2.05) is 0 Å². The molecule has 4 heteroatoms. The monoisotopic (exact) mass is 267 g/mol. The number of hydrogen-bond donors (Lipinski definition) is 2. The molecule has 0 aromatic carbocycles. The molecule has 0 radical (unpaired) electrons. The van der Waals surface area contributed by atoms with E-state index in [4.69, 9.17) is 4.74 Å². The van der Waals surface area contributed by atoms with Gasteiger partial charge in [0, 0.05) is 19.6 Å². The Balaban J connectivity index is 1.55. The summed E-state index contributed by atoms with van der Waals surface area (Å²) in [5.41, 5.74) is 0. The van der Waals surface area contributed by atoms with Crippen molar-refractivity contribution >= 4 is 5.91 Å². The van der Waals surface area contributed by atoms with Gasteiger partial charge in [0.05, 0.1) is 12.7 Å². The van der Waals surface area contributed by atoms with Crippen LogP contribution >= 0.6 is 0 Å². The quantitative estimate of drug-likeness (QED) is 0.786. The maximum absolute atomic E-state index is 12.4. The molecular formula is C15H25NO3. The highest BCUT2D eigenvalue weighted by atomic mass is 16.5. The minimum absolute atomic E-state index is 0.170. The van der Waals surface area contributed by atoms with E-state index in [-0.39, 0.29) is 18.4 Å². The van der Waals surface area contributed by atoms with Gasteiger partial charge in [0.25, 0.3) is 0 Å².